The second-order valence-corrected chi connectivity index (χ2v) is 0. The quantitative estimate of drug-likeness (QED) is 0.448. The second-order valence-electron chi connectivity index (χ2n) is 0. The van der Waals surface area contributed by atoms with Gasteiger partial charge in [-0.1, -0.05) is 0 Å². The minimum absolute atomic E-state index is 0. The Morgan fingerprint density at radius 2 is 1.00 bits per heavy atom. The van der Waals surface area contributed by atoms with Crippen molar-refractivity contribution in [2.45, 2.75) is 0 Å². The van der Waals surface area contributed by atoms with E-state index < -0.39 is 0 Å². The zero-order chi connectivity index (χ0) is 0. The van der Waals surface area contributed by atoms with Crippen molar-refractivity contribution in [2.75, 3.05) is 0 Å². The Kier molecular flexibility index (Phi) is 248. The topological polar surface area (TPSA) is 0 Å². The molecule has 4 heteroatoms. The summed E-state index contributed by atoms with van der Waals surface area (Å²) >= 11 is 0. The number of hydrogen-bond donors (Lipinski definition) is 0. The van der Waals surface area contributed by atoms with Crippen molar-refractivity contribution in [1.29, 1.82) is 0 Å². The van der Waals surface area contributed by atoms with Crippen LogP contribution in [0.3, 0.4) is 0 Å². The van der Waals surface area contributed by atoms with Gasteiger partial charge in [0, 0.05) is 55.9 Å². The monoisotopic (exact) mass is 284 g/mol. The maximum Gasteiger partial charge on any atom is 0 e. The first-order valence-electron chi connectivity index (χ1n) is 0. The van der Waals surface area contributed by atoms with E-state index in [2.05, 4.69) is 0 Å². The SMILES string of the molecule is [B].[Ni].[P].[W]. The van der Waals surface area contributed by atoms with E-state index in [1.165, 1.54) is 0 Å². The Morgan fingerprint density at radius 1 is 1.00 bits per heavy atom. The Labute approximate surface area is 55.9 Å². The van der Waals surface area contributed by atoms with Gasteiger partial charge < -0.3 is 0 Å². The predicted molar refractivity (Wildman–Crippen MR) is 12.7 cm³/mol. The molecule has 0 atom stereocenters. The minimum Gasteiger partial charge on any atom is 0 e. The molecule has 0 aromatic rings. The van der Waals surface area contributed by atoms with Crippen molar-refractivity contribution in [2.24, 2.45) is 0 Å². The van der Waals surface area contributed by atoms with Crippen molar-refractivity contribution in [3.63, 3.8) is 0 Å². The number of hydrogen-bond acceptors (Lipinski definition) is 0. The van der Waals surface area contributed by atoms with Crippen molar-refractivity contribution in [3.05, 3.63) is 0 Å². The van der Waals surface area contributed by atoms with Crippen LogP contribution in [0.15, 0.2) is 0 Å². The molecule has 0 aliphatic carbocycles. The molecule has 0 aromatic heterocycles. The van der Waals surface area contributed by atoms with E-state index >= 15 is 0 Å². The first-order valence-corrected chi connectivity index (χ1v) is 0. The average Bonchev–Trinajstić information content (AvgIpc) is 0. The molecule has 0 rings (SSSR count). The molecule has 0 heterocycles. The average molecular weight is 284 g/mol. The summed E-state index contributed by atoms with van der Waals surface area (Å²) < 4.78 is 0. The maximum atomic E-state index is 0. The summed E-state index contributed by atoms with van der Waals surface area (Å²) in [6, 6.07) is 0. The Bertz CT molecular complexity index is 8.00. The first kappa shape index (κ1) is 44.2. The third-order valence-electron chi connectivity index (χ3n) is 0. The Balaban J connectivity index is 0. The largest absolute Gasteiger partial charge is 0 e. The smallest absolute Gasteiger partial charge is 0 e. The van der Waals surface area contributed by atoms with Gasteiger partial charge in [0.25, 0.3) is 0 Å². The summed E-state index contributed by atoms with van der Waals surface area (Å²) in [6.07, 6.45) is 0. The standard InChI is InChI=1S/B.Ni.P.W. The van der Waals surface area contributed by atoms with Crippen molar-refractivity contribution < 1.29 is 37.6 Å². The van der Waals surface area contributed by atoms with Gasteiger partial charge in [-0.15, -0.1) is 0 Å². The van der Waals surface area contributed by atoms with Crippen LogP contribution in [0.2, 0.25) is 0 Å². The van der Waals surface area contributed by atoms with Crippen LogP contribution in [-0.2, 0) is 37.6 Å². The van der Waals surface area contributed by atoms with E-state index in [-0.39, 0.29) is 55.9 Å². The van der Waals surface area contributed by atoms with Crippen LogP contribution in [0.5, 0.6) is 0 Å². The minimum atomic E-state index is 0. The molecule has 0 amide bonds. The van der Waals surface area contributed by atoms with E-state index in [4.69, 9.17) is 0 Å². The molecular weight excluding hydrogens is 284 g/mol. The fourth-order valence-corrected chi connectivity index (χ4v) is 0. The summed E-state index contributed by atoms with van der Waals surface area (Å²) in [5.74, 6) is 0. The van der Waals surface area contributed by atoms with Gasteiger partial charge in [0.1, 0.15) is 0 Å². The zero-order valence-electron chi connectivity index (χ0n) is 1.75. The molecule has 0 fully saturated rings. The Hall–Kier alpha value is 1.68. The van der Waals surface area contributed by atoms with Crippen molar-refractivity contribution >= 4 is 18.3 Å². The summed E-state index contributed by atoms with van der Waals surface area (Å²) in [4.78, 5) is 0. The molecule has 0 aliphatic rings. The van der Waals surface area contributed by atoms with E-state index in [0.29, 0.717) is 0 Å². The molecule has 0 aliphatic heterocycles. The third kappa shape index (κ3) is 9.37. The van der Waals surface area contributed by atoms with Gasteiger partial charge in [0.05, 0.1) is 0 Å². The van der Waals surface area contributed by atoms with Crippen LogP contribution >= 0.6 is 9.90 Å². The Morgan fingerprint density at radius 3 is 1.00 bits per heavy atom. The molecule has 0 saturated heterocycles. The van der Waals surface area contributed by atoms with Crippen LogP contribution in [0.25, 0.3) is 0 Å². The van der Waals surface area contributed by atoms with Gasteiger partial charge >= 0.3 is 0 Å². The van der Waals surface area contributed by atoms with Gasteiger partial charge in [-0.2, -0.15) is 0 Å². The van der Waals surface area contributed by atoms with Gasteiger partial charge in [-0.3, -0.25) is 0 Å². The molecule has 0 nitrogen and oxygen atoms in total. The molecule has 0 aromatic carbocycles. The van der Waals surface area contributed by atoms with Gasteiger partial charge in [-0.05, 0) is 0 Å². The van der Waals surface area contributed by atoms with Crippen molar-refractivity contribution in [1.82, 2.24) is 0 Å². The van der Waals surface area contributed by atoms with E-state index in [0.717, 1.165) is 0 Å². The van der Waals surface area contributed by atoms with Crippen molar-refractivity contribution in [3.8, 4) is 0 Å². The maximum absolute atomic E-state index is 0. The predicted octanol–water partition coefficient (Wildman–Crippen LogP) is 0.475. The van der Waals surface area contributed by atoms with Crippen LogP contribution in [-0.4, -0.2) is 8.41 Å². The van der Waals surface area contributed by atoms with Crippen LogP contribution in [0, 0.1) is 0 Å². The molecule has 0 saturated carbocycles. The molecule has 0 spiro atoms. The normalized spacial score (nSPS) is 0. The molecular formula is BNiPW. The van der Waals surface area contributed by atoms with Crippen LogP contribution in [0.4, 0.5) is 0 Å². The molecule has 24 valence electrons. The fourth-order valence-electron chi connectivity index (χ4n) is 0. The van der Waals surface area contributed by atoms with E-state index in [9.17, 15) is 0 Å². The van der Waals surface area contributed by atoms with Gasteiger partial charge in [0.15, 0.2) is 0 Å². The molecule has 0 N–H and O–H groups in total. The second kappa shape index (κ2) is 22.5. The summed E-state index contributed by atoms with van der Waals surface area (Å²) in [5, 5.41) is 0. The van der Waals surface area contributed by atoms with Gasteiger partial charge in [-0.25, -0.2) is 0 Å². The molecule has 4 heavy (non-hydrogen) atoms. The molecule has 0 unspecified atom stereocenters. The van der Waals surface area contributed by atoms with Crippen LogP contribution in [0.1, 0.15) is 0 Å². The fraction of sp³-hybridized carbons (Fsp3) is 0. The number of rotatable bonds is 0. The summed E-state index contributed by atoms with van der Waals surface area (Å²) in [5.41, 5.74) is 0. The molecule has 0 bridgehead atoms. The summed E-state index contributed by atoms with van der Waals surface area (Å²) in [6.45, 7) is 0. The molecule has 6 radical (unpaired) electrons. The summed E-state index contributed by atoms with van der Waals surface area (Å²) in [7, 11) is 0. The van der Waals surface area contributed by atoms with Gasteiger partial charge in [0.2, 0.25) is 0 Å². The zero-order valence-corrected chi connectivity index (χ0v) is 6.56. The van der Waals surface area contributed by atoms with E-state index in [1.54, 1.807) is 0 Å². The van der Waals surface area contributed by atoms with Crippen LogP contribution < -0.4 is 0 Å². The third-order valence-corrected chi connectivity index (χ3v) is 0. The van der Waals surface area contributed by atoms with E-state index in [1.807, 2.05) is 0 Å². The first-order chi connectivity index (χ1) is 0.